The molecule has 0 aromatic rings. The van der Waals surface area contributed by atoms with Crippen molar-refractivity contribution in [2.24, 2.45) is 0 Å². The van der Waals surface area contributed by atoms with E-state index in [1.165, 1.54) is 71.1 Å². The molecule has 0 amide bonds. The Bertz CT molecular complexity index is 253. The summed E-state index contributed by atoms with van der Waals surface area (Å²) in [6.45, 7) is 7.28. The third kappa shape index (κ3) is 3.25. The maximum atomic E-state index is 5.99. The molecule has 1 unspecified atom stereocenters. The highest BCUT2D eigenvalue weighted by Crippen LogP contribution is 2.22. The monoisotopic (exact) mass is 252 g/mol. The minimum absolute atomic E-state index is 0.584. The SMILES string of the molecule is C1CCC(OCCN2CCN3CCCCC3C2)C1. The van der Waals surface area contributed by atoms with Gasteiger partial charge in [-0.1, -0.05) is 19.3 Å². The van der Waals surface area contributed by atoms with E-state index in [0.29, 0.717) is 6.10 Å². The van der Waals surface area contributed by atoms with E-state index >= 15 is 0 Å². The maximum absolute atomic E-state index is 5.99. The summed E-state index contributed by atoms with van der Waals surface area (Å²) in [5, 5.41) is 0. The Balaban J connectivity index is 1.35. The molecule has 3 aliphatic rings. The van der Waals surface area contributed by atoms with Gasteiger partial charge in [0.2, 0.25) is 0 Å². The molecule has 0 spiro atoms. The van der Waals surface area contributed by atoms with Gasteiger partial charge in [0, 0.05) is 32.2 Å². The highest BCUT2D eigenvalue weighted by atomic mass is 16.5. The first-order valence-electron chi connectivity index (χ1n) is 8.00. The van der Waals surface area contributed by atoms with Crippen molar-refractivity contribution in [1.82, 2.24) is 9.80 Å². The van der Waals surface area contributed by atoms with Crippen molar-refractivity contribution < 1.29 is 4.74 Å². The fraction of sp³-hybridized carbons (Fsp3) is 1.00. The first kappa shape index (κ1) is 12.9. The van der Waals surface area contributed by atoms with Gasteiger partial charge in [0.15, 0.2) is 0 Å². The lowest BCUT2D eigenvalue weighted by Crippen LogP contribution is -2.55. The van der Waals surface area contributed by atoms with E-state index < -0.39 is 0 Å². The number of piperidine rings is 1. The average Bonchev–Trinajstić information content (AvgIpc) is 2.92. The van der Waals surface area contributed by atoms with Crippen molar-refractivity contribution in [1.29, 1.82) is 0 Å². The van der Waals surface area contributed by atoms with Crippen LogP contribution in [0.4, 0.5) is 0 Å². The largest absolute Gasteiger partial charge is 0.377 e. The van der Waals surface area contributed by atoms with Gasteiger partial charge >= 0.3 is 0 Å². The van der Waals surface area contributed by atoms with Gasteiger partial charge in [-0.25, -0.2) is 0 Å². The summed E-state index contributed by atoms with van der Waals surface area (Å²) in [6, 6.07) is 0.846. The molecule has 0 radical (unpaired) electrons. The Kier molecular flexibility index (Phi) is 4.55. The number of nitrogens with zero attached hydrogens (tertiary/aromatic N) is 2. The standard InChI is InChI=1S/C15H28N2O/c1-2-7-15(6-1)18-12-11-16-9-10-17-8-4-3-5-14(17)13-16/h14-15H,1-13H2. The maximum Gasteiger partial charge on any atom is 0.0597 e. The summed E-state index contributed by atoms with van der Waals surface area (Å²) < 4.78 is 5.99. The number of hydrogen-bond acceptors (Lipinski definition) is 3. The highest BCUT2D eigenvalue weighted by molar-refractivity contribution is 4.85. The first-order valence-corrected chi connectivity index (χ1v) is 8.00. The summed E-state index contributed by atoms with van der Waals surface area (Å²) in [5.41, 5.74) is 0. The van der Waals surface area contributed by atoms with Crippen LogP contribution < -0.4 is 0 Å². The quantitative estimate of drug-likeness (QED) is 0.762. The zero-order valence-electron chi connectivity index (χ0n) is 11.6. The molecular weight excluding hydrogens is 224 g/mol. The molecule has 2 heterocycles. The van der Waals surface area contributed by atoms with Crippen molar-refractivity contribution in [2.45, 2.75) is 57.1 Å². The number of piperazine rings is 1. The van der Waals surface area contributed by atoms with Gasteiger partial charge < -0.3 is 4.74 Å². The molecule has 0 bridgehead atoms. The highest BCUT2D eigenvalue weighted by Gasteiger charge is 2.28. The third-order valence-electron chi connectivity index (χ3n) is 4.98. The molecule has 1 aliphatic carbocycles. The average molecular weight is 252 g/mol. The Hall–Kier alpha value is -0.120. The molecule has 3 rings (SSSR count). The Morgan fingerprint density at radius 3 is 2.61 bits per heavy atom. The molecule has 2 saturated heterocycles. The van der Waals surface area contributed by atoms with Gasteiger partial charge in [-0.05, 0) is 32.2 Å². The predicted octanol–water partition coefficient (Wildman–Crippen LogP) is 2.12. The fourth-order valence-corrected chi connectivity index (χ4v) is 3.83. The molecule has 3 fully saturated rings. The number of rotatable bonds is 4. The summed E-state index contributed by atoms with van der Waals surface area (Å²) in [4.78, 5) is 5.33. The lowest BCUT2D eigenvalue weighted by molar-refractivity contribution is 0.00941. The second-order valence-corrected chi connectivity index (χ2v) is 6.26. The van der Waals surface area contributed by atoms with Crippen LogP contribution in [0.3, 0.4) is 0 Å². The van der Waals surface area contributed by atoms with Crippen LogP contribution in [0.1, 0.15) is 44.9 Å². The zero-order chi connectivity index (χ0) is 12.2. The van der Waals surface area contributed by atoms with Gasteiger partial charge in [0.1, 0.15) is 0 Å². The van der Waals surface area contributed by atoms with Crippen molar-refractivity contribution in [2.75, 3.05) is 39.3 Å². The van der Waals surface area contributed by atoms with E-state index in [9.17, 15) is 0 Å². The molecule has 2 aliphatic heterocycles. The molecule has 3 heteroatoms. The second kappa shape index (κ2) is 6.36. The summed E-state index contributed by atoms with van der Waals surface area (Å²) in [7, 11) is 0. The van der Waals surface area contributed by atoms with Crippen molar-refractivity contribution in [3.05, 3.63) is 0 Å². The van der Waals surface area contributed by atoms with Crippen LogP contribution in [-0.4, -0.2) is 61.3 Å². The number of hydrogen-bond donors (Lipinski definition) is 0. The van der Waals surface area contributed by atoms with Crippen LogP contribution in [-0.2, 0) is 4.74 Å². The molecule has 18 heavy (non-hydrogen) atoms. The van der Waals surface area contributed by atoms with Crippen molar-refractivity contribution in [3.8, 4) is 0 Å². The normalized spacial score (nSPS) is 31.7. The van der Waals surface area contributed by atoms with E-state index in [1.807, 2.05) is 0 Å². The first-order chi connectivity index (χ1) is 8.92. The minimum Gasteiger partial charge on any atom is -0.377 e. The van der Waals surface area contributed by atoms with E-state index in [4.69, 9.17) is 4.74 Å². The van der Waals surface area contributed by atoms with Crippen LogP contribution >= 0.6 is 0 Å². The van der Waals surface area contributed by atoms with E-state index in [0.717, 1.165) is 19.2 Å². The Morgan fingerprint density at radius 2 is 1.72 bits per heavy atom. The van der Waals surface area contributed by atoms with Crippen LogP contribution in [0, 0.1) is 0 Å². The molecule has 0 aromatic heterocycles. The summed E-state index contributed by atoms with van der Waals surface area (Å²) >= 11 is 0. The topological polar surface area (TPSA) is 15.7 Å². The van der Waals surface area contributed by atoms with E-state index in [-0.39, 0.29) is 0 Å². The van der Waals surface area contributed by atoms with Gasteiger partial charge in [0.25, 0.3) is 0 Å². The van der Waals surface area contributed by atoms with Crippen molar-refractivity contribution >= 4 is 0 Å². The van der Waals surface area contributed by atoms with Crippen LogP contribution in [0.2, 0.25) is 0 Å². The van der Waals surface area contributed by atoms with Gasteiger partial charge in [-0.2, -0.15) is 0 Å². The van der Waals surface area contributed by atoms with E-state index in [1.54, 1.807) is 0 Å². The fourth-order valence-electron chi connectivity index (χ4n) is 3.83. The van der Waals surface area contributed by atoms with Gasteiger partial charge in [0.05, 0.1) is 12.7 Å². The number of ether oxygens (including phenoxy) is 1. The predicted molar refractivity (Wildman–Crippen MR) is 73.9 cm³/mol. The molecule has 0 N–H and O–H groups in total. The summed E-state index contributed by atoms with van der Waals surface area (Å²) in [5.74, 6) is 0. The molecule has 3 nitrogen and oxygen atoms in total. The Morgan fingerprint density at radius 1 is 0.889 bits per heavy atom. The lowest BCUT2D eigenvalue weighted by atomic mass is 9.99. The minimum atomic E-state index is 0.584. The second-order valence-electron chi connectivity index (χ2n) is 6.26. The van der Waals surface area contributed by atoms with Crippen LogP contribution in [0.25, 0.3) is 0 Å². The lowest BCUT2D eigenvalue weighted by Gasteiger charge is -2.44. The molecular formula is C15H28N2O. The molecule has 0 aromatic carbocycles. The third-order valence-corrected chi connectivity index (χ3v) is 4.98. The molecule has 1 atom stereocenters. The smallest absolute Gasteiger partial charge is 0.0597 e. The van der Waals surface area contributed by atoms with Crippen LogP contribution in [0.5, 0.6) is 0 Å². The molecule has 104 valence electrons. The van der Waals surface area contributed by atoms with Crippen molar-refractivity contribution in [3.63, 3.8) is 0 Å². The van der Waals surface area contributed by atoms with Crippen LogP contribution in [0.15, 0.2) is 0 Å². The number of fused-ring (bicyclic) bond motifs is 1. The molecule has 1 saturated carbocycles. The van der Waals surface area contributed by atoms with E-state index in [2.05, 4.69) is 9.80 Å². The Labute approximate surface area is 111 Å². The zero-order valence-corrected chi connectivity index (χ0v) is 11.6. The van der Waals surface area contributed by atoms with Gasteiger partial charge in [-0.3, -0.25) is 9.80 Å². The van der Waals surface area contributed by atoms with Gasteiger partial charge in [-0.15, -0.1) is 0 Å². The summed E-state index contributed by atoms with van der Waals surface area (Å²) in [6.07, 6.45) is 10.2.